The van der Waals surface area contributed by atoms with Crippen LogP contribution in [0.15, 0.2) is 17.3 Å². The number of nitrogens with one attached hydrogen (secondary N) is 1. The summed E-state index contributed by atoms with van der Waals surface area (Å²) in [6.07, 6.45) is 3.85. The first-order valence-electron chi connectivity index (χ1n) is 2.69. The Labute approximate surface area is 57.6 Å². The molecule has 10 heavy (non-hydrogen) atoms. The molecule has 1 atom stereocenters. The molecule has 0 aliphatic carbocycles. The van der Waals surface area contributed by atoms with Crippen molar-refractivity contribution in [3.05, 3.63) is 12.3 Å². The average Bonchev–Trinajstić information content (AvgIpc) is 1.88. The first kappa shape index (κ1) is 6.60. The number of urea groups is 1. The van der Waals surface area contributed by atoms with Gasteiger partial charge in [-0.25, -0.2) is 9.79 Å². The van der Waals surface area contributed by atoms with Crippen LogP contribution >= 0.6 is 0 Å². The molecule has 0 aromatic rings. The standard InChI is InChI=1S/C5H7N3O2/c6-5(9)8-4-1-2-7-3-10-4/h1-4H,(H3,6,8,9). The van der Waals surface area contributed by atoms with Gasteiger partial charge in [0.05, 0.1) is 0 Å². The normalized spacial score (nSPS) is 21.8. The Balaban J connectivity index is 2.37. The highest BCUT2D eigenvalue weighted by molar-refractivity contribution is 5.72. The highest BCUT2D eigenvalue weighted by Crippen LogP contribution is 1.93. The summed E-state index contributed by atoms with van der Waals surface area (Å²) in [7, 11) is 0. The molecular weight excluding hydrogens is 134 g/mol. The maximum absolute atomic E-state index is 10.2. The van der Waals surface area contributed by atoms with E-state index < -0.39 is 12.3 Å². The summed E-state index contributed by atoms with van der Waals surface area (Å²) < 4.78 is 4.80. The van der Waals surface area contributed by atoms with Crippen LogP contribution in [0.25, 0.3) is 0 Å². The van der Waals surface area contributed by atoms with Gasteiger partial charge in [0.25, 0.3) is 0 Å². The first-order valence-corrected chi connectivity index (χ1v) is 2.69. The van der Waals surface area contributed by atoms with Gasteiger partial charge in [0.1, 0.15) is 0 Å². The number of nitrogens with two attached hydrogens (primary N) is 1. The van der Waals surface area contributed by atoms with Gasteiger partial charge in [-0.15, -0.1) is 0 Å². The number of carbonyl (C=O) groups excluding carboxylic acids is 1. The molecule has 0 saturated carbocycles. The van der Waals surface area contributed by atoms with E-state index in [1.165, 1.54) is 12.6 Å². The maximum Gasteiger partial charge on any atom is 0.315 e. The zero-order valence-corrected chi connectivity index (χ0v) is 5.15. The van der Waals surface area contributed by atoms with Gasteiger partial charge in [-0.2, -0.15) is 0 Å². The van der Waals surface area contributed by atoms with Gasteiger partial charge in [0.15, 0.2) is 12.6 Å². The summed E-state index contributed by atoms with van der Waals surface area (Å²) in [5.41, 5.74) is 4.81. The lowest BCUT2D eigenvalue weighted by Gasteiger charge is -2.13. The van der Waals surface area contributed by atoms with E-state index in [0.29, 0.717) is 0 Å². The zero-order valence-electron chi connectivity index (χ0n) is 5.15. The van der Waals surface area contributed by atoms with E-state index in [-0.39, 0.29) is 0 Å². The zero-order chi connectivity index (χ0) is 7.40. The molecule has 0 aromatic heterocycles. The van der Waals surface area contributed by atoms with Crippen LogP contribution in [0.5, 0.6) is 0 Å². The predicted molar refractivity (Wildman–Crippen MR) is 35.2 cm³/mol. The van der Waals surface area contributed by atoms with Crippen LogP contribution in [-0.2, 0) is 4.74 Å². The highest BCUT2D eigenvalue weighted by Gasteiger charge is 2.06. The third-order valence-electron chi connectivity index (χ3n) is 0.900. The van der Waals surface area contributed by atoms with Gasteiger partial charge in [-0.05, 0) is 6.08 Å². The van der Waals surface area contributed by atoms with Crippen molar-refractivity contribution < 1.29 is 9.53 Å². The lowest BCUT2D eigenvalue weighted by molar-refractivity contribution is 0.196. The second-order valence-electron chi connectivity index (χ2n) is 1.66. The van der Waals surface area contributed by atoms with Crippen molar-refractivity contribution in [2.75, 3.05) is 0 Å². The van der Waals surface area contributed by atoms with Crippen molar-refractivity contribution in [1.82, 2.24) is 5.32 Å². The fourth-order valence-corrected chi connectivity index (χ4v) is 0.531. The van der Waals surface area contributed by atoms with Crippen molar-refractivity contribution in [2.45, 2.75) is 6.23 Å². The van der Waals surface area contributed by atoms with Gasteiger partial charge in [-0.1, -0.05) is 0 Å². The summed E-state index contributed by atoms with van der Waals surface area (Å²) in [4.78, 5) is 13.8. The molecule has 0 radical (unpaired) electrons. The van der Waals surface area contributed by atoms with Crippen molar-refractivity contribution >= 4 is 12.4 Å². The van der Waals surface area contributed by atoms with E-state index in [0.717, 1.165) is 0 Å². The molecule has 5 heteroatoms. The number of ether oxygens (including phenoxy) is 1. The van der Waals surface area contributed by atoms with Gasteiger partial charge >= 0.3 is 6.03 Å². The van der Waals surface area contributed by atoms with Crippen LogP contribution in [0.2, 0.25) is 0 Å². The van der Waals surface area contributed by atoms with Crippen LogP contribution < -0.4 is 11.1 Å². The Hall–Kier alpha value is -1.52. The Bertz CT molecular complexity index is 187. The third kappa shape index (κ3) is 1.77. The molecular formula is C5H7N3O2. The number of carbonyl (C=O) groups is 1. The summed E-state index contributed by atoms with van der Waals surface area (Å²) in [5, 5.41) is 2.32. The van der Waals surface area contributed by atoms with Gasteiger partial charge in [-0.3, -0.25) is 5.32 Å². The van der Waals surface area contributed by atoms with Crippen LogP contribution in [-0.4, -0.2) is 18.7 Å². The molecule has 0 aromatic carbocycles. The summed E-state index contributed by atoms with van der Waals surface area (Å²) in [6, 6.07) is -0.620. The van der Waals surface area contributed by atoms with E-state index in [1.54, 1.807) is 6.08 Å². The Morgan fingerprint density at radius 1 is 1.80 bits per heavy atom. The van der Waals surface area contributed by atoms with Crippen molar-refractivity contribution in [1.29, 1.82) is 0 Å². The Kier molecular flexibility index (Phi) is 1.89. The number of aliphatic imine (C=N–C) groups is 1. The first-order chi connectivity index (χ1) is 4.79. The largest absolute Gasteiger partial charge is 0.456 e. The molecule has 0 saturated heterocycles. The quantitative estimate of drug-likeness (QED) is 0.519. The lowest BCUT2D eigenvalue weighted by Crippen LogP contribution is -2.39. The number of hydrogen-bond donors (Lipinski definition) is 2. The number of hydrogen-bond acceptors (Lipinski definition) is 3. The van der Waals surface area contributed by atoms with Crippen LogP contribution in [0, 0.1) is 0 Å². The van der Waals surface area contributed by atoms with Crippen LogP contribution in [0.3, 0.4) is 0 Å². The SMILES string of the molecule is NC(=O)NC1C=CN=CO1. The van der Waals surface area contributed by atoms with E-state index in [9.17, 15) is 4.79 Å². The molecule has 1 aliphatic heterocycles. The second-order valence-corrected chi connectivity index (χ2v) is 1.66. The molecule has 0 bridgehead atoms. The van der Waals surface area contributed by atoms with Crippen molar-refractivity contribution in [3.63, 3.8) is 0 Å². The molecule has 54 valence electrons. The molecule has 5 nitrogen and oxygen atoms in total. The van der Waals surface area contributed by atoms with Gasteiger partial charge < -0.3 is 10.5 Å². The average molecular weight is 141 g/mol. The van der Waals surface area contributed by atoms with Crippen molar-refractivity contribution in [2.24, 2.45) is 10.7 Å². The fraction of sp³-hybridized carbons (Fsp3) is 0.200. The summed E-state index contributed by atoms with van der Waals surface area (Å²) in [5.74, 6) is 0. The number of primary amides is 1. The van der Waals surface area contributed by atoms with Crippen molar-refractivity contribution in [3.8, 4) is 0 Å². The topological polar surface area (TPSA) is 76.7 Å². The molecule has 1 rings (SSSR count). The summed E-state index contributed by atoms with van der Waals surface area (Å²) in [6.45, 7) is 0. The van der Waals surface area contributed by atoms with E-state index in [4.69, 9.17) is 10.5 Å². The smallest absolute Gasteiger partial charge is 0.315 e. The molecule has 0 fully saturated rings. The van der Waals surface area contributed by atoms with E-state index in [2.05, 4.69) is 10.3 Å². The minimum absolute atomic E-state index is 0.477. The third-order valence-corrected chi connectivity index (χ3v) is 0.900. The molecule has 3 N–H and O–H groups in total. The minimum atomic E-state index is -0.620. The molecule has 1 aliphatic rings. The van der Waals surface area contributed by atoms with E-state index in [1.807, 2.05) is 0 Å². The second kappa shape index (κ2) is 2.86. The maximum atomic E-state index is 10.2. The van der Waals surface area contributed by atoms with Gasteiger partial charge in [0, 0.05) is 6.20 Å². The van der Waals surface area contributed by atoms with E-state index >= 15 is 0 Å². The summed E-state index contributed by atoms with van der Waals surface area (Å²) >= 11 is 0. The highest BCUT2D eigenvalue weighted by atomic mass is 16.5. The van der Waals surface area contributed by atoms with Crippen LogP contribution in [0.1, 0.15) is 0 Å². The van der Waals surface area contributed by atoms with Gasteiger partial charge in [0.2, 0.25) is 0 Å². The Morgan fingerprint density at radius 2 is 2.60 bits per heavy atom. The number of nitrogens with zero attached hydrogens (tertiary/aromatic N) is 1. The van der Waals surface area contributed by atoms with Crippen LogP contribution in [0.4, 0.5) is 4.79 Å². The number of amides is 2. The Morgan fingerprint density at radius 3 is 3.10 bits per heavy atom. The molecule has 1 unspecified atom stereocenters. The predicted octanol–water partition coefficient (Wildman–Crippen LogP) is -0.447. The fourth-order valence-electron chi connectivity index (χ4n) is 0.531. The minimum Gasteiger partial charge on any atom is -0.456 e. The molecule has 2 amide bonds. The molecule has 0 spiro atoms. The monoisotopic (exact) mass is 141 g/mol. The molecule has 1 heterocycles. The lowest BCUT2D eigenvalue weighted by atomic mass is 10.5. The number of rotatable bonds is 1.